The SMILES string of the molecule is Cc1c(-c2cccc(C3c4sc(C(N)=O)nc4CCN3C)c2Cl)cccc1C1c2sc(C(N)=O)nc2CCN1C. The maximum Gasteiger partial charge on any atom is 0.277 e. The smallest absolute Gasteiger partial charge is 0.277 e. The van der Waals surface area contributed by atoms with Gasteiger partial charge in [0.1, 0.15) is 0 Å². The third-order valence-electron chi connectivity index (χ3n) is 7.94. The van der Waals surface area contributed by atoms with Crippen LogP contribution in [0.3, 0.4) is 0 Å². The van der Waals surface area contributed by atoms with Crippen LogP contribution in [0.2, 0.25) is 5.02 Å². The van der Waals surface area contributed by atoms with E-state index >= 15 is 0 Å². The lowest BCUT2D eigenvalue weighted by atomic mass is 9.88. The van der Waals surface area contributed by atoms with Gasteiger partial charge in [0.25, 0.3) is 11.8 Å². The number of benzene rings is 2. The molecule has 4 heterocycles. The van der Waals surface area contributed by atoms with E-state index < -0.39 is 11.8 Å². The van der Waals surface area contributed by atoms with E-state index in [-0.39, 0.29) is 12.1 Å². The summed E-state index contributed by atoms with van der Waals surface area (Å²) in [4.78, 5) is 39.5. The van der Waals surface area contributed by atoms with E-state index in [2.05, 4.69) is 71.1 Å². The number of fused-ring (bicyclic) bond motifs is 2. The molecule has 2 aliphatic heterocycles. The predicted octanol–water partition coefficient (Wildman–Crippen LogP) is 4.58. The number of nitrogens with zero attached hydrogens (tertiary/aromatic N) is 4. The van der Waals surface area contributed by atoms with Gasteiger partial charge in [-0.2, -0.15) is 0 Å². The maximum atomic E-state index is 11.9. The summed E-state index contributed by atoms with van der Waals surface area (Å²) in [5.74, 6) is -0.998. The molecule has 2 aromatic carbocycles. The second-order valence-electron chi connectivity index (χ2n) is 10.4. The fourth-order valence-electron chi connectivity index (χ4n) is 5.91. The van der Waals surface area contributed by atoms with Crippen molar-refractivity contribution in [3.8, 4) is 11.1 Å². The van der Waals surface area contributed by atoms with Crippen molar-refractivity contribution in [2.75, 3.05) is 27.2 Å². The van der Waals surface area contributed by atoms with Gasteiger partial charge >= 0.3 is 0 Å². The number of hydrogen-bond donors (Lipinski definition) is 2. The Labute approximate surface area is 245 Å². The van der Waals surface area contributed by atoms with Crippen molar-refractivity contribution >= 4 is 46.1 Å². The van der Waals surface area contributed by atoms with Crippen LogP contribution >= 0.6 is 34.3 Å². The lowest BCUT2D eigenvalue weighted by Gasteiger charge is -2.34. The van der Waals surface area contributed by atoms with Crippen molar-refractivity contribution in [1.29, 1.82) is 0 Å². The molecule has 4 aromatic rings. The first-order valence-electron chi connectivity index (χ1n) is 13.0. The first kappa shape index (κ1) is 27.0. The Morgan fingerprint density at radius 1 is 0.825 bits per heavy atom. The number of aromatic nitrogens is 2. The number of halogens is 1. The standard InChI is InChI=1S/C29H29ClN6O2S2/c1-14-15(6-4-7-16(14)22-24-19(10-12-35(22)2)33-28(39-24)26(31)37)17-8-5-9-18(21(17)30)23-25-20(11-13-36(23)3)34-29(40-25)27(32)38/h4-9,22-23H,10-13H2,1-3H3,(H2,31,37)(H2,32,38). The Kier molecular flexibility index (Phi) is 7.00. The largest absolute Gasteiger partial charge is 0.364 e. The molecule has 0 spiro atoms. The van der Waals surface area contributed by atoms with E-state index in [0.29, 0.717) is 15.0 Å². The molecular formula is C29H29ClN6O2S2. The van der Waals surface area contributed by atoms with Crippen LogP contribution < -0.4 is 11.5 Å². The first-order valence-corrected chi connectivity index (χ1v) is 15.0. The summed E-state index contributed by atoms with van der Waals surface area (Å²) >= 11 is 9.97. The van der Waals surface area contributed by atoms with E-state index in [9.17, 15) is 9.59 Å². The highest BCUT2D eigenvalue weighted by atomic mass is 35.5. The average Bonchev–Trinajstić information content (AvgIpc) is 3.55. The summed E-state index contributed by atoms with van der Waals surface area (Å²) in [7, 11) is 4.17. The average molecular weight is 593 g/mol. The summed E-state index contributed by atoms with van der Waals surface area (Å²) in [6.07, 6.45) is 1.54. The van der Waals surface area contributed by atoms with Crippen LogP contribution in [0.25, 0.3) is 11.1 Å². The van der Waals surface area contributed by atoms with E-state index in [1.165, 1.54) is 22.7 Å². The molecule has 0 bridgehead atoms. The number of carbonyl (C=O) groups is 2. The van der Waals surface area contributed by atoms with Gasteiger partial charge in [-0.15, -0.1) is 22.7 Å². The molecule has 2 amide bonds. The van der Waals surface area contributed by atoms with Gasteiger partial charge in [0.05, 0.1) is 38.2 Å². The minimum absolute atomic E-state index is 0.0345. The van der Waals surface area contributed by atoms with Crippen molar-refractivity contribution < 1.29 is 9.59 Å². The van der Waals surface area contributed by atoms with Crippen LogP contribution in [0, 0.1) is 6.92 Å². The van der Waals surface area contributed by atoms with Gasteiger partial charge in [-0.3, -0.25) is 19.4 Å². The minimum Gasteiger partial charge on any atom is -0.364 e. The number of primary amides is 2. The Morgan fingerprint density at radius 2 is 1.30 bits per heavy atom. The number of nitrogens with two attached hydrogens (primary N) is 2. The van der Waals surface area contributed by atoms with Crippen LogP contribution in [-0.4, -0.2) is 58.8 Å². The number of likely N-dealkylation sites (N-methyl/N-ethyl adjacent to an activating group) is 2. The first-order chi connectivity index (χ1) is 19.2. The quantitative estimate of drug-likeness (QED) is 0.350. The van der Waals surface area contributed by atoms with E-state index in [4.69, 9.17) is 23.1 Å². The second-order valence-corrected chi connectivity index (χ2v) is 12.8. The van der Waals surface area contributed by atoms with Gasteiger partial charge in [0, 0.05) is 31.5 Å². The van der Waals surface area contributed by atoms with Crippen LogP contribution in [-0.2, 0) is 12.8 Å². The number of amides is 2. The van der Waals surface area contributed by atoms with Crippen LogP contribution in [0.4, 0.5) is 0 Å². The molecule has 206 valence electrons. The molecule has 0 saturated heterocycles. The summed E-state index contributed by atoms with van der Waals surface area (Å²) in [6.45, 7) is 3.75. The molecule has 0 fully saturated rings. The van der Waals surface area contributed by atoms with Crippen molar-refractivity contribution in [3.63, 3.8) is 0 Å². The van der Waals surface area contributed by atoms with Crippen molar-refractivity contribution in [3.05, 3.63) is 89.3 Å². The second kappa shape index (κ2) is 10.4. The Bertz CT molecular complexity index is 1540. The fourth-order valence-corrected chi connectivity index (χ4v) is 8.54. The lowest BCUT2D eigenvalue weighted by molar-refractivity contribution is 0.0991. The van der Waals surface area contributed by atoms with Crippen molar-refractivity contribution in [2.24, 2.45) is 11.5 Å². The highest BCUT2D eigenvalue weighted by molar-refractivity contribution is 7.14. The van der Waals surface area contributed by atoms with Gasteiger partial charge in [-0.25, -0.2) is 9.97 Å². The molecule has 2 aliphatic rings. The zero-order valence-corrected chi connectivity index (χ0v) is 24.8. The molecule has 8 nitrogen and oxygen atoms in total. The predicted molar refractivity (Wildman–Crippen MR) is 159 cm³/mol. The molecule has 11 heteroatoms. The van der Waals surface area contributed by atoms with E-state index in [1.807, 2.05) is 6.07 Å². The molecule has 0 aliphatic carbocycles. The van der Waals surface area contributed by atoms with Gasteiger partial charge in [0.15, 0.2) is 10.0 Å². The number of carbonyl (C=O) groups excluding carboxylic acids is 2. The van der Waals surface area contributed by atoms with Crippen molar-refractivity contribution in [2.45, 2.75) is 31.8 Å². The Hall–Kier alpha value is -3.15. The fraction of sp³-hybridized carbons (Fsp3) is 0.310. The highest BCUT2D eigenvalue weighted by Gasteiger charge is 2.34. The molecule has 0 saturated carbocycles. The van der Waals surface area contributed by atoms with Gasteiger partial charge in [0.2, 0.25) is 0 Å². The molecule has 40 heavy (non-hydrogen) atoms. The summed E-state index contributed by atoms with van der Waals surface area (Å²) in [6, 6.07) is 12.3. The molecule has 0 radical (unpaired) electrons. The van der Waals surface area contributed by atoms with Crippen LogP contribution in [0.1, 0.15) is 69.5 Å². The van der Waals surface area contributed by atoms with E-state index in [0.717, 1.165) is 74.9 Å². The van der Waals surface area contributed by atoms with Crippen LogP contribution in [0.5, 0.6) is 0 Å². The molecule has 2 unspecified atom stereocenters. The summed E-state index contributed by atoms with van der Waals surface area (Å²) in [5, 5.41) is 1.36. The topological polar surface area (TPSA) is 118 Å². The third-order valence-corrected chi connectivity index (χ3v) is 10.7. The number of thiazole rings is 2. The van der Waals surface area contributed by atoms with Gasteiger partial charge in [-0.05, 0) is 43.3 Å². The van der Waals surface area contributed by atoms with Crippen molar-refractivity contribution in [1.82, 2.24) is 19.8 Å². The minimum atomic E-state index is -0.507. The molecule has 2 aromatic heterocycles. The number of rotatable bonds is 5. The molecule has 4 N–H and O–H groups in total. The summed E-state index contributed by atoms with van der Waals surface area (Å²) in [5.41, 5.74) is 18.2. The summed E-state index contributed by atoms with van der Waals surface area (Å²) < 4.78 is 0. The zero-order chi connectivity index (χ0) is 28.3. The molecular weight excluding hydrogens is 564 g/mol. The Morgan fingerprint density at radius 3 is 1.82 bits per heavy atom. The monoisotopic (exact) mass is 592 g/mol. The van der Waals surface area contributed by atoms with E-state index in [1.54, 1.807) is 0 Å². The number of hydrogen-bond acceptors (Lipinski definition) is 8. The van der Waals surface area contributed by atoms with Gasteiger partial charge < -0.3 is 11.5 Å². The van der Waals surface area contributed by atoms with Gasteiger partial charge in [-0.1, -0.05) is 48.0 Å². The maximum absolute atomic E-state index is 11.9. The third kappa shape index (κ3) is 4.44. The zero-order valence-electron chi connectivity index (χ0n) is 22.4. The van der Waals surface area contributed by atoms with Crippen LogP contribution in [0.15, 0.2) is 36.4 Å². The Balaban J connectivity index is 1.45. The highest BCUT2D eigenvalue weighted by Crippen LogP contribution is 2.45. The normalized spacial score (nSPS) is 19.3. The molecule has 6 rings (SSSR count). The molecule has 2 atom stereocenters. The lowest BCUT2D eigenvalue weighted by Crippen LogP contribution is -2.32.